The van der Waals surface area contributed by atoms with Crippen molar-refractivity contribution in [2.45, 2.75) is 12.7 Å². The van der Waals surface area contributed by atoms with Gasteiger partial charge in [0.25, 0.3) is 0 Å². The van der Waals surface area contributed by atoms with Crippen LogP contribution in [0.4, 0.5) is 4.39 Å². The molecule has 1 fully saturated rings. The quantitative estimate of drug-likeness (QED) is 0.596. The van der Waals surface area contributed by atoms with Crippen molar-refractivity contribution in [3.8, 4) is 11.3 Å². The minimum atomic E-state index is -0.487. The summed E-state index contributed by atoms with van der Waals surface area (Å²) >= 11 is 3.40. The molecule has 2 heterocycles. The van der Waals surface area contributed by atoms with E-state index < -0.39 is 6.29 Å². The van der Waals surface area contributed by atoms with Crippen LogP contribution in [0.3, 0.4) is 0 Å². The van der Waals surface area contributed by atoms with Crippen molar-refractivity contribution < 1.29 is 18.3 Å². The van der Waals surface area contributed by atoms with Gasteiger partial charge < -0.3 is 13.9 Å². The zero-order valence-corrected chi connectivity index (χ0v) is 13.8. The maximum Gasteiger partial charge on any atom is 0.183 e. The summed E-state index contributed by atoms with van der Waals surface area (Å²) in [7, 11) is 0. The molecule has 5 heteroatoms. The topological polar surface area (TPSA) is 31.6 Å². The summed E-state index contributed by atoms with van der Waals surface area (Å²) in [6, 6.07) is 12.5. The monoisotopic (exact) mass is 376 g/mol. The highest BCUT2D eigenvalue weighted by atomic mass is 79.9. The van der Waals surface area contributed by atoms with Crippen LogP contribution in [0, 0.1) is 5.82 Å². The van der Waals surface area contributed by atoms with Crippen LogP contribution in [0.5, 0.6) is 0 Å². The minimum absolute atomic E-state index is 0.349. The van der Waals surface area contributed by atoms with Crippen molar-refractivity contribution in [2.24, 2.45) is 0 Å². The lowest BCUT2D eigenvalue weighted by atomic mass is 10.1. The Kier molecular flexibility index (Phi) is 3.93. The smallest absolute Gasteiger partial charge is 0.183 e. The minimum Gasteiger partial charge on any atom is -0.456 e. The molecule has 0 aliphatic carbocycles. The first-order valence-electron chi connectivity index (χ1n) is 7.43. The second-order valence-electron chi connectivity index (χ2n) is 5.46. The first-order valence-corrected chi connectivity index (χ1v) is 8.22. The molecule has 3 nitrogen and oxygen atoms in total. The molecule has 0 spiro atoms. The Balaban J connectivity index is 1.70. The number of ether oxygens (including phenoxy) is 2. The summed E-state index contributed by atoms with van der Waals surface area (Å²) in [5.74, 6) is 0.158. The average Bonchev–Trinajstić information content (AvgIpc) is 2.98. The van der Waals surface area contributed by atoms with Gasteiger partial charge in [-0.3, -0.25) is 0 Å². The molecule has 23 heavy (non-hydrogen) atoms. The van der Waals surface area contributed by atoms with Gasteiger partial charge in [0, 0.05) is 15.4 Å². The van der Waals surface area contributed by atoms with Crippen LogP contribution in [0.2, 0.25) is 0 Å². The van der Waals surface area contributed by atoms with Gasteiger partial charge in [0.15, 0.2) is 6.29 Å². The lowest BCUT2D eigenvalue weighted by Crippen LogP contribution is -2.17. The Hall–Kier alpha value is -1.69. The number of furan rings is 1. The molecular weight excluding hydrogens is 363 g/mol. The van der Waals surface area contributed by atoms with Gasteiger partial charge in [-0.2, -0.15) is 0 Å². The average molecular weight is 377 g/mol. The van der Waals surface area contributed by atoms with Crippen LogP contribution in [0.25, 0.3) is 22.3 Å². The van der Waals surface area contributed by atoms with Crippen LogP contribution in [-0.2, 0) is 9.47 Å². The predicted molar refractivity (Wildman–Crippen MR) is 88.6 cm³/mol. The molecule has 0 bridgehead atoms. The van der Waals surface area contributed by atoms with Gasteiger partial charge in [-0.05, 0) is 42.8 Å². The summed E-state index contributed by atoms with van der Waals surface area (Å²) in [6.07, 6.45) is 0.380. The van der Waals surface area contributed by atoms with Gasteiger partial charge in [0.1, 0.15) is 17.2 Å². The van der Waals surface area contributed by atoms with Gasteiger partial charge in [-0.15, -0.1) is 0 Å². The van der Waals surface area contributed by atoms with Gasteiger partial charge in [-0.25, -0.2) is 4.39 Å². The highest BCUT2D eigenvalue weighted by molar-refractivity contribution is 9.10. The number of rotatable bonds is 2. The van der Waals surface area contributed by atoms with E-state index in [1.54, 1.807) is 6.07 Å². The van der Waals surface area contributed by atoms with E-state index in [2.05, 4.69) is 15.9 Å². The molecular formula is C18H14BrFO3. The first-order chi connectivity index (χ1) is 11.2. The number of hydrogen-bond acceptors (Lipinski definition) is 3. The fourth-order valence-electron chi connectivity index (χ4n) is 2.70. The molecule has 4 rings (SSSR count). The molecule has 118 valence electrons. The number of hydrogen-bond donors (Lipinski definition) is 0. The lowest BCUT2D eigenvalue weighted by Gasteiger charge is -2.23. The largest absolute Gasteiger partial charge is 0.456 e. The van der Waals surface area contributed by atoms with Crippen LogP contribution in [0.1, 0.15) is 18.3 Å². The van der Waals surface area contributed by atoms with Crippen LogP contribution in [-0.4, -0.2) is 13.2 Å². The molecule has 2 aromatic carbocycles. The van der Waals surface area contributed by atoms with Crippen LogP contribution < -0.4 is 0 Å². The van der Waals surface area contributed by atoms with Crippen molar-refractivity contribution in [1.82, 2.24) is 0 Å². The molecule has 0 N–H and O–H groups in total. The van der Waals surface area contributed by atoms with E-state index in [9.17, 15) is 4.39 Å². The number of halogens is 2. The van der Waals surface area contributed by atoms with E-state index >= 15 is 0 Å². The molecule has 0 radical (unpaired) electrons. The molecule has 3 aromatic rings. The highest BCUT2D eigenvalue weighted by Crippen LogP contribution is 2.33. The Bertz CT molecular complexity index is 853. The van der Waals surface area contributed by atoms with E-state index in [1.807, 2.05) is 30.3 Å². The van der Waals surface area contributed by atoms with Crippen LogP contribution in [0.15, 0.2) is 51.4 Å². The second kappa shape index (κ2) is 6.07. The van der Waals surface area contributed by atoms with E-state index in [1.165, 1.54) is 6.07 Å². The fraction of sp³-hybridized carbons (Fsp3) is 0.222. The maximum absolute atomic E-state index is 14.5. The Morgan fingerprint density at radius 3 is 2.61 bits per heavy atom. The third-order valence-corrected chi connectivity index (χ3v) is 4.33. The summed E-state index contributed by atoms with van der Waals surface area (Å²) in [6.45, 7) is 1.26. The standard InChI is InChI=1S/C18H14BrFO3/c19-13-4-2-11-9-17(23-16(11)10-13)14-5-3-12(8-15(14)20)18-21-6-1-7-22-18/h2-5,8-10,18H,1,6-7H2. The van der Waals surface area contributed by atoms with Crippen LogP contribution >= 0.6 is 15.9 Å². The third kappa shape index (κ3) is 2.92. The Morgan fingerprint density at radius 2 is 1.83 bits per heavy atom. The van der Waals surface area contributed by atoms with E-state index in [4.69, 9.17) is 13.9 Å². The van der Waals surface area contributed by atoms with Gasteiger partial charge in [0.2, 0.25) is 0 Å². The predicted octanol–water partition coefficient (Wildman–Crippen LogP) is 5.44. The van der Waals surface area contributed by atoms with Crippen molar-refractivity contribution in [2.75, 3.05) is 13.2 Å². The molecule has 0 amide bonds. The number of fused-ring (bicyclic) bond motifs is 1. The normalized spacial score (nSPS) is 16.1. The van der Waals surface area contributed by atoms with Gasteiger partial charge >= 0.3 is 0 Å². The molecule has 1 aliphatic heterocycles. The van der Waals surface area contributed by atoms with Crippen molar-refractivity contribution in [1.29, 1.82) is 0 Å². The number of benzene rings is 2. The highest BCUT2D eigenvalue weighted by Gasteiger charge is 2.19. The summed E-state index contributed by atoms with van der Waals surface area (Å²) in [5.41, 5.74) is 1.83. The van der Waals surface area contributed by atoms with Crippen molar-refractivity contribution in [3.05, 3.63) is 58.3 Å². The SMILES string of the molecule is Fc1cc(C2OCCCO2)ccc1-c1cc2ccc(Br)cc2o1. The van der Waals surface area contributed by atoms with Gasteiger partial charge in [0.05, 0.1) is 18.8 Å². The van der Waals surface area contributed by atoms with Gasteiger partial charge in [-0.1, -0.05) is 22.0 Å². The molecule has 1 aromatic heterocycles. The summed E-state index contributed by atoms with van der Waals surface area (Å²) in [4.78, 5) is 0. The molecule has 0 unspecified atom stereocenters. The molecule has 1 aliphatic rings. The third-order valence-electron chi connectivity index (χ3n) is 3.84. The molecule has 1 saturated heterocycles. The Morgan fingerprint density at radius 1 is 1.00 bits per heavy atom. The summed E-state index contributed by atoms with van der Waals surface area (Å²) in [5, 5.41) is 0.936. The first kappa shape index (κ1) is 14.9. The maximum atomic E-state index is 14.5. The van der Waals surface area contributed by atoms with E-state index in [0.717, 1.165) is 21.9 Å². The zero-order valence-electron chi connectivity index (χ0n) is 12.2. The second-order valence-corrected chi connectivity index (χ2v) is 6.37. The Labute approximate surface area is 141 Å². The summed E-state index contributed by atoms with van der Waals surface area (Å²) < 4.78 is 32.2. The lowest BCUT2D eigenvalue weighted by molar-refractivity contribution is -0.183. The molecule has 0 atom stereocenters. The molecule has 0 saturated carbocycles. The van der Waals surface area contributed by atoms with Crippen molar-refractivity contribution >= 4 is 26.9 Å². The van der Waals surface area contributed by atoms with E-state index in [-0.39, 0.29) is 5.82 Å². The van der Waals surface area contributed by atoms with E-state index in [0.29, 0.717) is 30.1 Å². The zero-order chi connectivity index (χ0) is 15.8. The fourth-order valence-corrected chi connectivity index (χ4v) is 3.04. The van der Waals surface area contributed by atoms with Crippen molar-refractivity contribution in [3.63, 3.8) is 0 Å².